The number of hydrogen-bond acceptors (Lipinski definition) is 4. The molecule has 1 aliphatic heterocycles. The van der Waals surface area contributed by atoms with Crippen LogP contribution >= 0.6 is 0 Å². The fourth-order valence-corrected chi connectivity index (χ4v) is 3.41. The van der Waals surface area contributed by atoms with Crippen LogP contribution in [0, 0.1) is 12.8 Å². The molecular weight excluding hydrogens is 292 g/mol. The van der Waals surface area contributed by atoms with Crippen molar-refractivity contribution in [1.29, 1.82) is 0 Å². The molecule has 2 rings (SSSR count). The van der Waals surface area contributed by atoms with Crippen LogP contribution in [-0.2, 0) is 28.4 Å². The Labute approximate surface area is 125 Å². The molecule has 1 saturated heterocycles. The molecule has 1 aromatic heterocycles. The van der Waals surface area contributed by atoms with Crippen LogP contribution in [0.1, 0.15) is 24.1 Å². The molecule has 7 nitrogen and oxygen atoms in total. The summed E-state index contributed by atoms with van der Waals surface area (Å²) >= 11 is 0. The fraction of sp³-hybridized carbons (Fsp3) is 0.692. The van der Waals surface area contributed by atoms with E-state index < -0.39 is 10.0 Å². The number of amides is 1. The molecule has 1 amide bonds. The normalized spacial score (nSPS) is 20.4. The van der Waals surface area contributed by atoms with Gasteiger partial charge < -0.3 is 5.32 Å². The molecule has 1 N–H and O–H groups in total. The average Bonchev–Trinajstić information content (AvgIpc) is 2.75. The van der Waals surface area contributed by atoms with Crippen molar-refractivity contribution in [1.82, 2.24) is 19.4 Å². The Balaban J connectivity index is 1.93. The second-order valence-electron chi connectivity index (χ2n) is 5.56. The van der Waals surface area contributed by atoms with Crippen molar-refractivity contribution < 1.29 is 13.2 Å². The van der Waals surface area contributed by atoms with Gasteiger partial charge in [-0.3, -0.25) is 9.48 Å². The van der Waals surface area contributed by atoms with Gasteiger partial charge in [0.05, 0.1) is 18.4 Å². The molecule has 118 valence electrons. The smallest absolute Gasteiger partial charge is 0.224 e. The molecule has 0 aliphatic carbocycles. The van der Waals surface area contributed by atoms with E-state index in [0.29, 0.717) is 13.1 Å². The first-order valence-electron chi connectivity index (χ1n) is 6.99. The summed E-state index contributed by atoms with van der Waals surface area (Å²) in [6.07, 6.45) is 4.37. The molecule has 0 bridgehead atoms. The highest BCUT2D eigenvalue weighted by molar-refractivity contribution is 7.88. The summed E-state index contributed by atoms with van der Waals surface area (Å²) in [7, 11) is -1.37. The Bertz CT molecular complexity index is 623. The molecule has 1 aromatic rings. The maximum Gasteiger partial charge on any atom is 0.224 e. The maximum atomic E-state index is 12.2. The summed E-state index contributed by atoms with van der Waals surface area (Å²) in [5.74, 6) is -0.364. The number of hydrogen-bond donors (Lipinski definition) is 1. The third-order valence-corrected chi connectivity index (χ3v) is 5.28. The SMILES string of the molecule is Cc1c(CNC(=O)[C@@H]2CCCN(S(C)(=O)=O)C2)cnn1C. The minimum absolute atomic E-state index is 0.0911. The highest BCUT2D eigenvalue weighted by Crippen LogP contribution is 2.19. The van der Waals surface area contributed by atoms with Gasteiger partial charge in [-0.15, -0.1) is 0 Å². The zero-order valence-corrected chi connectivity index (χ0v) is 13.5. The molecule has 0 spiro atoms. The van der Waals surface area contributed by atoms with Crippen LogP contribution < -0.4 is 5.32 Å². The third-order valence-electron chi connectivity index (χ3n) is 4.01. The monoisotopic (exact) mass is 314 g/mol. The number of sulfonamides is 1. The van der Waals surface area contributed by atoms with E-state index in [9.17, 15) is 13.2 Å². The Hall–Kier alpha value is -1.41. The Morgan fingerprint density at radius 1 is 1.52 bits per heavy atom. The number of carbonyl (C=O) groups is 1. The van der Waals surface area contributed by atoms with Crippen molar-refractivity contribution in [3.05, 3.63) is 17.5 Å². The van der Waals surface area contributed by atoms with E-state index in [2.05, 4.69) is 10.4 Å². The number of piperidine rings is 1. The van der Waals surface area contributed by atoms with Gasteiger partial charge in [0.2, 0.25) is 15.9 Å². The van der Waals surface area contributed by atoms with E-state index in [4.69, 9.17) is 0 Å². The lowest BCUT2D eigenvalue weighted by Crippen LogP contribution is -2.44. The molecule has 0 saturated carbocycles. The van der Waals surface area contributed by atoms with Crippen LogP contribution in [0.5, 0.6) is 0 Å². The molecule has 0 aromatic carbocycles. The maximum absolute atomic E-state index is 12.2. The van der Waals surface area contributed by atoms with Gasteiger partial charge in [-0.2, -0.15) is 5.10 Å². The van der Waals surface area contributed by atoms with Crippen molar-refractivity contribution in [2.24, 2.45) is 13.0 Å². The quantitative estimate of drug-likeness (QED) is 0.849. The lowest BCUT2D eigenvalue weighted by atomic mass is 9.99. The van der Waals surface area contributed by atoms with Crippen molar-refractivity contribution >= 4 is 15.9 Å². The zero-order chi connectivity index (χ0) is 15.6. The van der Waals surface area contributed by atoms with Gasteiger partial charge in [-0.05, 0) is 19.8 Å². The zero-order valence-electron chi connectivity index (χ0n) is 12.7. The number of carbonyl (C=O) groups excluding carboxylic acids is 1. The largest absolute Gasteiger partial charge is 0.352 e. The van der Waals surface area contributed by atoms with Crippen LogP contribution in [-0.4, -0.2) is 47.8 Å². The molecule has 2 heterocycles. The van der Waals surface area contributed by atoms with E-state index >= 15 is 0 Å². The molecule has 8 heteroatoms. The topological polar surface area (TPSA) is 84.3 Å². The number of aromatic nitrogens is 2. The summed E-state index contributed by atoms with van der Waals surface area (Å²) in [5.41, 5.74) is 1.98. The molecular formula is C13H22N4O3S. The number of nitrogens with zero attached hydrogens (tertiary/aromatic N) is 3. The van der Waals surface area contributed by atoms with E-state index in [1.54, 1.807) is 10.9 Å². The van der Waals surface area contributed by atoms with E-state index in [1.165, 1.54) is 10.6 Å². The van der Waals surface area contributed by atoms with Crippen molar-refractivity contribution in [2.45, 2.75) is 26.3 Å². The molecule has 21 heavy (non-hydrogen) atoms. The van der Waals surface area contributed by atoms with Crippen LogP contribution in [0.4, 0.5) is 0 Å². The lowest BCUT2D eigenvalue weighted by molar-refractivity contribution is -0.126. The van der Waals surface area contributed by atoms with Gasteiger partial charge in [-0.25, -0.2) is 12.7 Å². The minimum Gasteiger partial charge on any atom is -0.352 e. The average molecular weight is 314 g/mol. The first-order valence-corrected chi connectivity index (χ1v) is 8.84. The number of nitrogens with one attached hydrogen (secondary N) is 1. The highest BCUT2D eigenvalue weighted by atomic mass is 32.2. The predicted octanol–water partition coefficient (Wildman–Crippen LogP) is 0.0163. The highest BCUT2D eigenvalue weighted by Gasteiger charge is 2.30. The summed E-state index contributed by atoms with van der Waals surface area (Å²) in [6.45, 7) is 3.15. The summed E-state index contributed by atoms with van der Waals surface area (Å²) < 4.78 is 26.3. The lowest BCUT2D eigenvalue weighted by Gasteiger charge is -2.30. The molecule has 0 radical (unpaired) electrons. The standard InChI is InChI=1S/C13H22N4O3S/c1-10-12(8-15-16(10)2)7-14-13(18)11-5-4-6-17(9-11)21(3,19)20/h8,11H,4-7,9H2,1-3H3,(H,14,18)/t11-/m1/s1. The first kappa shape index (κ1) is 16.0. The van der Waals surface area contributed by atoms with Crippen LogP contribution in [0.3, 0.4) is 0 Å². The summed E-state index contributed by atoms with van der Waals surface area (Å²) in [4.78, 5) is 12.2. The summed E-state index contributed by atoms with van der Waals surface area (Å²) in [5, 5.41) is 7.01. The van der Waals surface area contributed by atoms with Crippen molar-refractivity contribution in [3.8, 4) is 0 Å². The van der Waals surface area contributed by atoms with Crippen LogP contribution in [0.25, 0.3) is 0 Å². The van der Waals surface area contributed by atoms with Crippen molar-refractivity contribution in [2.75, 3.05) is 19.3 Å². The van der Waals surface area contributed by atoms with E-state index in [0.717, 1.165) is 24.1 Å². The molecule has 0 unspecified atom stereocenters. The molecule has 1 atom stereocenters. The van der Waals surface area contributed by atoms with Gasteiger partial charge in [0, 0.05) is 37.9 Å². The Kier molecular flexibility index (Phi) is 4.67. The van der Waals surface area contributed by atoms with E-state index in [-0.39, 0.29) is 18.4 Å². The van der Waals surface area contributed by atoms with E-state index in [1.807, 2.05) is 14.0 Å². The second kappa shape index (κ2) is 6.15. The number of rotatable bonds is 4. The van der Waals surface area contributed by atoms with Gasteiger partial charge in [-0.1, -0.05) is 0 Å². The first-order chi connectivity index (χ1) is 9.79. The van der Waals surface area contributed by atoms with Crippen LogP contribution in [0.2, 0.25) is 0 Å². The summed E-state index contributed by atoms with van der Waals surface area (Å²) in [6, 6.07) is 0. The molecule has 1 fully saturated rings. The molecule has 1 aliphatic rings. The van der Waals surface area contributed by atoms with Gasteiger partial charge in [0.15, 0.2) is 0 Å². The van der Waals surface area contributed by atoms with Gasteiger partial charge >= 0.3 is 0 Å². The predicted molar refractivity (Wildman–Crippen MR) is 78.9 cm³/mol. The van der Waals surface area contributed by atoms with Gasteiger partial charge in [0.25, 0.3) is 0 Å². The Morgan fingerprint density at radius 2 is 2.24 bits per heavy atom. The van der Waals surface area contributed by atoms with Gasteiger partial charge in [0.1, 0.15) is 0 Å². The third kappa shape index (κ3) is 3.82. The Morgan fingerprint density at radius 3 is 2.81 bits per heavy atom. The second-order valence-corrected chi connectivity index (χ2v) is 7.54. The van der Waals surface area contributed by atoms with Crippen molar-refractivity contribution in [3.63, 3.8) is 0 Å². The fourth-order valence-electron chi connectivity index (χ4n) is 2.50. The van der Waals surface area contributed by atoms with Crippen LogP contribution in [0.15, 0.2) is 6.20 Å². The minimum atomic E-state index is -3.22. The number of aryl methyl sites for hydroxylation is 1.